The zero-order valence-corrected chi connectivity index (χ0v) is 30.0. The number of ether oxygens (including phenoxy) is 2. The van der Waals surface area contributed by atoms with Crippen molar-refractivity contribution < 1.29 is 23.9 Å². The number of hydrogen-bond acceptors (Lipinski definition) is 10. The first-order valence-electron chi connectivity index (χ1n) is 18.0. The standard InChI is InChI=1S/C39H51N7O5/c1-5-43-31-20-26-11-7-6-10-25(26)19-28(31)22-50-36(49)39-35(48)30-13-9-8-12-29(30)34(47)38(39,51-39)16-14-24(2)18-32(46-37(40)42-4)27-15-17-44-33(21-27)45-23-41-3/h7-9,11-15,20-21,25,28,31-32,41,43-45H,5-6,10,16-19,22-23H2,1-4H3,(H3,40,42,46). The highest BCUT2D eigenvalue weighted by Gasteiger charge is 2.85. The highest BCUT2D eigenvalue weighted by molar-refractivity contribution is 6.32. The number of carbonyl (C=O) groups is 3. The molecule has 6 atom stereocenters. The molecule has 272 valence electrons. The summed E-state index contributed by atoms with van der Waals surface area (Å²) in [6.45, 7) is 6.12. The number of hydrogen-bond donors (Lipinski definition) is 6. The van der Waals surface area contributed by atoms with Crippen LogP contribution < -0.4 is 32.3 Å². The quantitative estimate of drug-likeness (QED) is 0.0321. The first-order chi connectivity index (χ1) is 24.7. The Hall–Kier alpha value is -4.52. The lowest BCUT2D eigenvalue weighted by Crippen LogP contribution is -2.51. The largest absolute Gasteiger partial charge is 0.463 e. The van der Waals surface area contributed by atoms with E-state index in [4.69, 9.17) is 15.2 Å². The van der Waals surface area contributed by atoms with Gasteiger partial charge < -0.3 is 41.8 Å². The Kier molecular flexibility index (Phi) is 10.9. The molecule has 0 radical (unpaired) electrons. The van der Waals surface area contributed by atoms with E-state index in [2.05, 4.69) is 62.8 Å². The number of esters is 1. The van der Waals surface area contributed by atoms with Crippen molar-refractivity contribution in [3.63, 3.8) is 0 Å². The minimum absolute atomic E-state index is 0.0262. The summed E-state index contributed by atoms with van der Waals surface area (Å²) in [4.78, 5) is 46.6. The lowest BCUT2D eigenvalue weighted by atomic mass is 9.72. The molecule has 5 aliphatic rings. The van der Waals surface area contributed by atoms with E-state index in [1.807, 2.05) is 26.1 Å². The van der Waals surface area contributed by atoms with E-state index in [9.17, 15) is 14.4 Å². The third kappa shape index (κ3) is 7.04. The van der Waals surface area contributed by atoms with Gasteiger partial charge in [-0.05, 0) is 69.3 Å². The van der Waals surface area contributed by atoms with Crippen LogP contribution in [0.25, 0.3) is 0 Å². The minimum atomic E-state index is -2.03. The van der Waals surface area contributed by atoms with Gasteiger partial charge in [-0.2, -0.15) is 0 Å². The van der Waals surface area contributed by atoms with Crippen molar-refractivity contribution in [1.82, 2.24) is 26.6 Å². The average molecular weight is 698 g/mol. The van der Waals surface area contributed by atoms with Crippen LogP contribution in [0.3, 0.4) is 0 Å². The number of aliphatic imine (C=N–C) groups is 1. The molecule has 6 unspecified atom stereocenters. The van der Waals surface area contributed by atoms with Gasteiger partial charge in [-0.3, -0.25) is 14.6 Å². The Balaban J connectivity index is 1.23. The van der Waals surface area contributed by atoms with Crippen molar-refractivity contribution in [2.75, 3.05) is 40.5 Å². The summed E-state index contributed by atoms with van der Waals surface area (Å²) in [7, 11) is 3.49. The number of Topliss-reactive ketones (excluding diaryl/α,β-unsaturated/α-hetero) is 2. The number of nitrogens with one attached hydrogen (secondary N) is 5. The number of rotatable bonds is 14. The molecule has 1 saturated heterocycles. The molecular formula is C39H51N7O5. The van der Waals surface area contributed by atoms with E-state index in [1.165, 1.54) is 5.57 Å². The maximum Gasteiger partial charge on any atom is 0.350 e. The van der Waals surface area contributed by atoms with E-state index in [0.29, 0.717) is 31.5 Å². The summed E-state index contributed by atoms with van der Waals surface area (Å²) in [6.07, 6.45) is 16.2. The summed E-state index contributed by atoms with van der Waals surface area (Å²) >= 11 is 0. The molecule has 0 saturated carbocycles. The van der Waals surface area contributed by atoms with Crippen LogP contribution in [0.15, 0.2) is 88.3 Å². The first-order valence-corrected chi connectivity index (χ1v) is 18.0. The molecule has 12 heteroatoms. The van der Waals surface area contributed by atoms with Crippen molar-refractivity contribution in [3.05, 3.63) is 94.4 Å². The molecule has 0 spiro atoms. The fourth-order valence-corrected chi connectivity index (χ4v) is 7.89. The first kappa shape index (κ1) is 36.3. The van der Waals surface area contributed by atoms with E-state index < -0.39 is 23.0 Å². The molecule has 7 N–H and O–H groups in total. The number of benzene rings is 1. The summed E-state index contributed by atoms with van der Waals surface area (Å²) < 4.78 is 12.2. The summed E-state index contributed by atoms with van der Waals surface area (Å²) in [5.74, 6) is -0.111. The number of epoxide rings is 1. The van der Waals surface area contributed by atoms with Crippen molar-refractivity contribution in [2.45, 2.75) is 69.2 Å². The number of carbonyl (C=O) groups excluding carboxylic acids is 3. The van der Waals surface area contributed by atoms with Gasteiger partial charge in [-0.25, -0.2) is 4.79 Å². The zero-order valence-electron chi connectivity index (χ0n) is 30.0. The second-order valence-corrected chi connectivity index (χ2v) is 13.9. The Morgan fingerprint density at radius 2 is 2.02 bits per heavy atom. The zero-order chi connectivity index (χ0) is 36.2. The van der Waals surface area contributed by atoms with Crippen molar-refractivity contribution in [3.8, 4) is 0 Å². The topological polar surface area (TPSA) is 171 Å². The number of allylic oxidation sites excluding steroid dienone is 3. The van der Waals surface area contributed by atoms with Gasteiger partial charge in [0.1, 0.15) is 5.82 Å². The van der Waals surface area contributed by atoms with Crippen LogP contribution in [0.5, 0.6) is 0 Å². The van der Waals surface area contributed by atoms with Crippen LogP contribution in [0, 0.1) is 11.8 Å². The number of likely N-dealkylation sites (N-methyl/N-ethyl adjacent to an activating group) is 1. The third-order valence-corrected chi connectivity index (χ3v) is 10.7. The number of nitrogens with two attached hydrogens (primary N) is 1. The van der Waals surface area contributed by atoms with Crippen molar-refractivity contribution in [2.24, 2.45) is 22.6 Å². The van der Waals surface area contributed by atoms with Gasteiger partial charge in [-0.15, -0.1) is 0 Å². The number of dihydropyridines is 1. The Morgan fingerprint density at radius 1 is 1.24 bits per heavy atom. The smallest absolute Gasteiger partial charge is 0.350 e. The van der Waals surface area contributed by atoms with E-state index >= 15 is 0 Å². The maximum absolute atomic E-state index is 14.2. The Morgan fingerprint density at radius 3 is 2.76 bits per heavy atom. The van der Waals surface area contributed by atoms with Crippen LogP contribution in [-0.4, -0.2) is 87.2 Å². The highest BCUT2D eigenvalue weighted by atomic mass is 16.7. The predicted octanol–water partition coefficient (Wildman–Crippen LogP) is 2.77. The summed E-state index contributed by atoms with van der Waals surface area (Å²) in [5.41, 5.74) is 6.10. The van der Waals surface area contributed by atoms with Gasteiger partial charge in [0, 0.05) is 43.1 Å². The summed E-state index contributed by atoms with van der Waals surface area (Å²) in [6, 6.07) is 6.41. The Bertz CT molecular complexity index is 1730. The molecule has 1 aromatic rings. The van der Waals surface area contributed by atoms with Crippen LogP contribution in [0.1, 0.15) is 66.7 Å². The van der Waals surface area contributed by atoms with Gasteiger partial charge in [0.15, 0.2) is 17.3 Å². The van der Waals surface area contributed by atoms with Gasteiger partial charge in [0.25, 0.3) is 5.60 Å². The van der Waals surface area contributed by atoms with Crippen molar-refractivity contribution >= 4 is 23.5 Å². The fraction of sp³-hybridized carbons (Fsp3) is 0.487. The molecule has 12 nitrogen and oxygen atoms in total. The molecule has 0 bridgehead atoms. The van der Waals surface area contributed by atoms with E-state index in [-0.39, 0.29) is 47.9 Å². The lowest BCUT2D eigenvalue weighted by molar-refractivity contribution is -0.150. The Labute approximate surface area is 300 Å². The average Bonchev–Trinajstić information content (AvgIpc) is 3.86. The van der Waals surface area contributed by atoms with Crippen LogP contribution in [0.2, 0.25) is 0 Å². The van der Waals surface area contributed by atoms with Gasteiger partial charge in [0.2, 0.25) is 5.78 Å². The molecule has 1 fully saturated rings. The van der Waals surface area contributed by atoms with Gasteiger partial charge in [0.05, 0.1) is 19.3 Å². The molecular weight excluding hydrogens is 646 g/mol. The molecule has 2 aliphatic heterocycles. The fourth-order valence-electron chi connectivity index (χ4n) is 7.89. The van der Waals surface area contributed by atoms with Crippen LogP contribution in [0.4, 0.5) is 0 Å². The normalized spacial score (nSPS) is 28.9. The highest BCUT2D eigenvalue weighted by Crippen LogP contribution is 2.58. The minimum Gasteiger partial charge on any atom is -0.463 e. The molecule has 3 aliphatic carbocycles. The molecule has 51 heavy (non-hydrogen) atoms. The van der Waals surface area contributed by atoms with E-state index in [1.54, 1.807) is 31.3 Å². The van der Waals surface area contributed by atoms with Gasteiger partial charge >= 0.3 is 5.97 Å². The predicted molar refractivity (Wildman–Crippen MR) is 197 cm³/mol. The SMILES string of the molecule is CCNC1C=C2C=CCCC2CC1COC(=O)C12OC1(CC=C(C)CC(NC(N)=NC)C1=CCNC(NCNC)=C1)C(=O)c1ccccc1C2=O. The maximum atomic E-state index is 14.2. The van der Waals surface area contributed by atoms with Crippen LogP contribution >= 0.6 is 0 Å². The van der Waals surface area contributed by atoms with Crippen molar-refractivity contribution in [1.29, 1.82) is 0 Å². The second kappa shape index (κ2) is 15.4. The number of guanidine groups is 1. The molecule has 2 heterocycles. The molecule has 6 rings (SSSR count). The monoisotopic (exact) mass is 697 g/mol. The second-order valence-electron chi connectivity index (χ2n) is 13.9. The molecule has 0 aromatic heterocycles. The number of fused-ring (bicyclic) bond motifs is 3. The molecule has 0 amide bonds. The number of ketones is 2. The number of nitrogens with zero attached hydrogens (tertiary/aromatic N) is 1. The summed E-state index contributed by atoms with van der Waals surface area (Å²) in [5, 5.41) is 16.5. The van der Waals surface area contributed by atoms with E-state index in [0.717, 1.165) is 42.8 Å². The third-order valence-electron chi connectivity index (χ3n) is 10.7. The lowest BCUT2D eigenvalue weighted by Gasteiger charge is -2.36. The van der Waals surface area contributed by atoms with Crippen LogP contribution in [-0.2, 0) is 14.3 Å². The molecule has 1 aromatic carbocycles. The van der Waals surface area contributed by atoms with Gasteiger partial charge in [-0.1, -0.05) is 67.1 Å².